The average Bonchev–Trinajstić information content (AvgIpc) is 3.52. The van der Waals surface area contributed by atoms with Crippen LogP contribution in [0.2, 0.25) is 0 Å². The Bertz CT molecular complexity index is 1240. The van der Waals surface area contributed by atoms with Gasteiger partial charge in [0.25, 0.3) is 0 Å². The summed E-state index contributed by atoms with van der Waals surface area (Å²) in [5.41, 5.74) is -0.382. The maximum atomic E-state index is 14.4. The first-order chi connectivity index (χ1) is 21.3. The predicted octanol–water partition coefficient (Wildman–Crippen LogP) is 5.00. The number of hydrogen-bond donors (Lipinski definition) is 0. The monoisotopic (exact) mass is 635 g/mol. The molecule has 0 N–H and O–H groups in total. The van der Waals surface area contributed by atoms with E-state index in [0.29, 0.717) is 23.2 Å². The number of esters is 1. The number of hydrogen-bond acceptors (Lipinski definition) is 8. The van der Waals surface area contributed by atoms with Crippen LogP contribution >= 0.6 is 0 Å². The molecule has 3 unspecified atom stereocenters. The third-order valence-electron chi connectivity index (χ3n) is 8.85. The molecule has 0 amide bonds. The lowest BCUT2D eigenvalue weighted by Gasteiger charge is -2.47. The fourth-order valence-corrected chi connectivity index (χ4v) is 7.10. The van der Waals surface area contributed by atoms with E-state index in [1.165, 1.54) is 43.3 Å². The number of halogens is 3. The molecule has 3 fully saturated rings. The lowest BCUT2D eigenvalue weighted by atomic mass is 9.85. The summed E-state index contributed by atoms with van der Waals surface area (Å²) in [5, 5.41) is 8.78. The summed E-state index contributed by atoms with van der Waals surface area (Å²) in [7, 11) is 0. The Kier molecular flexibility index (Phi) is 10.8. The minimum Gasteiger partial charge on any atom is -0.542 e. The van der Waals surface area contributed by atoms with Crippen molar-refractivity contribution in [3.05, 3.63) is 71.8 Å². The van der Waals surface area contributed by atoms with Crippen molar-refractivity contribution in [2.75, 3.05) is 13.1 Å². The van der Waals surface area contributed by atoms with Gasteiger partial charge in [-0.2, -0.15) is 13.2 Å². The molecule has 0 aromatic heterocycles. The quantitative estimate of drug-likeness (QED) is 0.227. The maximum Gasteiger partial charge on any atom is 0.510 e. The Balaban J connectivity index is 0.000000591. The van der Waals surface area contributed by atoms with Gasteiger partial charge in [0.15, 0.2) is 0 Å². The maximum absolute atomic E-state index is 14.4. The molecular weight excluding hydrogens is 595 g/mol. The molecule has 12 heteroatoms. The molecule has 2 aromatic rings. The van der Waals surface area contributed by atoms with E-state index in [9.17, 15) is 22.8 Å². The number of carboxylic acids is 1. The first-order valence-electron chi connectivity index (χ1n) is 15.3. The van der Waals surface area contributed by atoms with Crippen molar-refractivity contribution in [2.24, 2.45) is 0 Å². The molecule has 45 heavy (non-hydrogen) atoms. The number of piperidine rings is 1. The largest absolute Gasteiger partial charge is 0.542 e. The highest BCUT2D eigenvalue weighted by molar-refractivity contribution is 5.86. The number of carbonyl (C=O) groups is 3. The van der Waals surface area contributed by atoms with E-state index in [0.717, 1.165) is 12.8 Å². The number of ether oxygens (including phenoxy) is 4. The standard InChI is InChI=1S/C31H40NO6.C2HF3O2/c1-22(2)35-30(34)36-23(3)38-31(24-12-6-4-7-13-24,25-14-8-5-9-15-25)29(33)37-28-20-26-16-17-27(21-28)32(26)18-10-11-19-32;3-2(4,5)1(6)7/h4-9,12-15,22-23,26-28H,10-11,16-21H2,1-3H3;(H,6,7)/q+1;/p-1. The van der Waals surface area contributed by atoms with Gasteiger partial charge in [-0.3, -0.25) is 0 Å². The van der Waals surface area contributed by atoms with Crippen LogP contribution in [0.5, 0.6) is 0 Å². The zero-order valence-electron chi connectivity index (χ0n) is 25.7. The first-order valence-corrected chi connectivity index (χ1v) is 15.3. The second-order valence-electron chi connectivity index (χ2n) is 12.1. The van der Waals surface area contributed by atoms with Crippen LogP contribution in [-0.2, 0) is 34.1 Å². The van der Waals surface area contributed by atoms with Gasteiger partial charge in [0, 0.05) is 38.5 Å². The van der Waals surface area contributed by atoms with Crippen LogP contribution in [0.25, 0.3) is 0 Å². The van der Waals surface area contributed by atoms with Crippen molar-refractivity contribution < 1.29 is 56.1 Å². The molecule has 0 aliphatic carbocycles. The Morgan fingerprint density at radius 2 is 1.29 bits per heavy atom. The van der Waals surface area contributed by atoms with Crippen molar-refractivity contribution in [3.8, 4) is 0 Å². The molecule has 9 nitrogen and oxygen atoms in total. The van der Waals surface area contributed by atoms with Gasteiger partial charge >= 0.3 is 18.3 Å². The van der Waals surface area contributed by atoms with Crippen LogP contribution in [0.4, 0.5) is 18.0 Å². The highest BCUT2D eigenvalue weighted by Gasteiger charge is 2.57. The molecule has 3 atom stereocenters. The minimum absolute atomic E-state index is 0.165. The van der Waals surface area contributed by atoms with Gasteiger partial charge < -0.3 is 33.3 Å². The lowest BCUT2D eigenvalue weighted by Crippen LogP contribution is -2.60. The van der Waals surface area contributed by atoms with E-state index in [2.05, 4.69) is 0 Å². The number of quaternary nitrogens is 1. The Hall–Kier alpha value is -3.64. The summed E-state index contributed by atoms with van der Waals surface area (Å²) < 4.78 is 56.1. The second kappa shape index (κ2) is 14.2. The van der Waals surface area contributed by atoms with E-state index in [1.54, 1.807) is 20.8 Å². The van der Waals surface area contributed by atoms with Crippen LogP contribution in [-0.4, -0.2) is 72.4 Å². The van der Waals surface area contributed by atoms with Gasteiger partial charge in [-0.25, -0.2) is 9.59 Å². The van der Waals surface area contributed by atoms with Crippen LogP contribution in [0.15, 0.2) is 60.7 Å². The highest BCUT2D eigenvalue weighted by Crippen LogP contribution is 2.47. The summed E-state index contributed by atoms with van der Waals surface area (Å²) >= 11 is 0. The van der Waals surface area contributed by atoms with Crippen LogP contribution < -0.4 is 5.11 Å². The zero-order chi connectivity index (χ0) is 32.8. The normalized spacial score (nSPS) is 22.7. The molecule has 2 aromatic carbocycles. The fourth-order valence-electron chi connectivity index (χ4n) is 7.10. The summed E-state index contributed by atoms with van der Waals surface area (Å²) in [6.07, 6.45) is -0.835. The van der Waals surface area contributed by atoms with Crippen LogP contribution in [0.3, 0.4) is 0 Å². The van der Waals surface area contributed by atoms with Gasteiger partial charge in [0.05, 0.1) is 31.3 Å². The van der Waals surface area contributed by atoms with Crippen molar-refractivity contribution in [3.63, 3.8) is 0 Å². The summed E-state index contributed by atoms with van der Waals surface area (Å²) in [6.45, 7) is 7.61. The van der Waals surface area contributed by atoms with Crippen molar-refractivity contribution in [1.29, 1.82) is 0 Å². The number of aliphatic carboxylic acids is 1. The Labute approximate surface area is 260 Å². The third kappa shape index (κ3) is 7.78. The summed E-state index contributed by atoms with van der Waals surface area (Å²) in [6, 6.07) is 19.8. The molecule has 3 aliphatic rings. The molecule has 3 aliphatic heterocycles. The highest BCUT2D eigenvalue weighted by atomic mass is 19.4. The van der Waals surface area contributed by atoms with E-state index < -0.39 is 36.2 Å². The summed E-state index contributed by atoms with van der Waals surface area (Å²) in [4.78, 5) is 35.4. The molecule has 2 bridgehead atoms. The predicted molar refractivity (Wildman–Crippen MR) is 153 cm³/mol. The van der Waals surface area contributed by atoms with Gasteiger partial charge in [-0.05, 0) is 31.9 Å². The van der Waals surface area contributed by atoms with Crippen molar-refractivity contribution in [2.45, 2.75) is 102 Å². The van der Waals surface area contributed by atoms with Crippen LogP contribution in [0, 0.1) is 0 Å². The fraction of sp³-hybridized carbons (Fsp3) is 0.545. The molecule has 1 spiro atoms. The van der Waals surface area contributed by atoms with E-state index >= 15 is 0 Å². The molecule has 0 saturated carbocycles. The Morgan fingerprint density at radius 3 is 1.71 bits per heavy atom. The van der Waals surface area contributed by atoms with Crippen molar-refractivity contribution in [1.82, 2.24) is 0 Å². The van der Waals surface area contributed by atoms with Crippen molar-refractivity contribution >= 4 is 18.1 Å². The molecule has 246 valence electrons. The zero-order valence-corrected chi connectivity index (χ0v) is 25.7. The average molecular weight is 636 g/mol. The number of benzene rings is 2. The lowest BCUT2D eigenvalue weighted by molar-refractivity contribution is -0.956. The van der Waals surface area contributed by atoms with E-state index in [-0.39, 0.29) is 12.2 Å². The molecule has 3 heterocycles. The molecule has 0 radical (unpaired) electrons. The van der Waals surface area contributed by atoms with Gasteiger partial charge in [0.1, 0.15) is 12.1 Å². The number of carbonyl (C=O) groups excluding carboxylic acids is 3. The minimum atomic E-state index is -5.19. The van der Waals surface area contributed by atoms with Crippen LogP contribution in [0.1, 0.15) is 70.4 Å². The number of alkyl halides is 3. The smallest absolute Gasteiger partial charge is 0.510 e. The number of rotatable bonds is 8. The first kappa shape index (κ1) is 34.2. The Morgan fingerprint density at radius 1 is 0.822 bits per heavy atom. The summed E-state index contributed by atoms with van der Waals surface area (Å²) in [5.74, 6) is -3.49. The van der Waals surface area contributed by atoms with Gasteiger partial charge in [-0.15, -0.1) is 0 Å². The number of carboxylic acid groups (broad SMARTS) is 1. The SMILES string of the molecule is CC(C)OC(=O)OC(C)OC(C(=O)OC1CC2CCC(C1)[N+]21CCCC1)(c1ccccc1)c1ccccc1.O=C([O-])C(F)(F)F. The van der Waals surface area contributed by atoms with E-state index in [4.69, 9.17) is 28.8 Å². The molecular formula is C33H40F3NO8. The van der Waals surface area contributed by atoms with Gasteiger partial charge in [0.2, 0.25) is 11.9 Å². The topological polar surface area (TPSA) is 111 Å². The van der Waals surface area contributed by atoms with E-state index in [1.807, 2.05) is 60.7 Å². The second-order valence-corrected chi connectivity index (χ2v) is 12.1. The van der Waals surface area contributed by atoms with Gasteiger partial charge in [-0.1, -0.05) is 60.7 Å². The molecule has 5 rings (SSSR count). The third-order valence-corrected chi connectivity index (χ3v) is 8.85. The number of nitrogens with zero attached hydrogens (tertiary/aromatic N) is 1. The molecule has 3 saturated heterocycles.